The van der Waals surface area contributed by atoms with Crippen molar-refractivity contribution in [2.24, 2.45) is 0 Å². The Kier molecular flexibility index (Phi) is 5.67. The van der Waals surface area contributed by atoms with Gasteiger partial charge < -0.3 is 0 Å². The number of anilines is 3. The van der Waals surface area contributed by atoms with Crippen LogP contribution in [0.2, 0.25) is 0 Å². The molecule has 0 radical (unpaired) electrons. The van der Waals surface area contributed by atoms with E-state index in [0.29, 0.717) is 0 Å². The number of nitrogens with zero attached hydrogens (tertiary/aromatic N) is 1. The van der Waals surface area contributed by atoms with E-state index in [1.807, 2.05) is 24.3 Å². The highest BCUT2D eigenvalue weighted by molar-refractivity contribution is 5.94. The summed E-state index contributed by atoms with van der Waals surface area (Å²) in [5, 5.41) is 2.17. The molecular weight excluding hydrogens is 388 g/mol. The summed E-state index contributed by atoms with van der Waals surface area (Å²) in [6, 6.07) is 48.4. The van der Waals surface area contributed by atoms with Crippen LogP contribution in [0.15, 0.2) is 140 Å². The maximum Gasteiger partial charge on any atom is 0.0715 e. The van der Waals surface area contributed by atoms with Crippen LogP contribution in [0.25, 0.3) is 22.3 Å². The van der Waals surface area contributed by atoms with Crippen molar-refractivity contribution < 1.29 is 0 Å². The first-order valence-electron chi connectivity index (χ1n) is 10.8. The molecule has 0 aromatic heterocycles. The van der Waals surface area contributed by atoms with Gasteiger partial charge in [0.05, 0.1) is 17.1 Å². The van der Waals surface area contributed by atoms with E-state index in [-0.39, 0.29) is 0 Å². The molecule has 0 saturated carbocycles. The molecule has 32 heavy (non-hydrogen) atoms. The summed E-state index contributed by atoms with van der Waals surface area (Å²) in [6.07, 6.45) is 0. The first-order valence-corrected chi connectivity index (χ1v) is 10.8. The summed E-state index contributed by atoms with van der Waals surface area (Å²) in [6.45, 7) is 0. The highest BCUT2D eigenvalue weighted by atomic mass is 15.5. The molecule has 154 valence electrons. The van der Waals surface area contributed by atoms with Crippen molar-refractivity contribution in [3.63, 3.8) is 0 Å². The SMILES string of the molecule is c1ccc(NN(c2ccccc2)c2cccc(-c3ccccc3)c2-c2ccccc2)cc1. The maximum absolute atomic E-state index is 3.63. The van der Waals surface area contributed by atoms with E-state index in [2.05, 4.69) is 126 Å². The Bertz CT molecular complexity index is 1270. The molecule has 5 rings (SSSR count). The molecule has 0 atom stereocenters. The van der Waals surface area contributed by atoms with Crippen LogP contribution in [0.3, 0.4) is 0 Å². The van der Waals surface area contributed by atoms with Crippen LogP contribution >= 0.6 is 0 Å². The Morgan fingerprint density at radius 3 is 1.59 bits per heavy atom. The number of rotatable bonds is 6. The van der Waals surface area contributed by atoms with Crippen molar-refractivity contribution in [1.29, 1.82) is 0 Å². The van der Waals surface area contributed by atoms with Crippen molar-refractivity contribution in [3.8, 4) is 22.3 Å². The Balaban J connectivity index is 1.74. The smallest absolute Gasteiger partial charge is 0.0715 e. The van der Waals surface area contributed by atoms with E-state index in [0.717, 1.165) is 17.1 Å². The van der Waals surface area contributed by atoms with Gasteiger partial charge in [0.25, 0.3) is 0 Å². The third-order valence-electron chi connectivity index (χ3n) is 5.46. The van der Waals surface area contributed by atoms with E-state index in [4.69, 9.17) is 0 Å². The zero-order valence-corrected chi connectivity index (χ0v) is 17.7. The topological polar surface area (TPSA) is 15.3 Å². The molecule has 2 nitrogen and oxygen atoms in total. The molecular formula is C30H24N2. The molecule has 0 heterocycles. The van der Waals surface area contributed by atoms with Gasteiger partial charge in [0.1, 0.15) is 0 Å². The van der Waals surface area contributed by atoms with Crippen molar-refractivity contribution in [1.82, 2.24) is 0 Å². The Morgan fingerprint density at radius 2 is 0.969 bits per heavy atom. The molecule has 0 fully saturated rings. The lowest BCUT2D eigenvalue weighted by atomic mass is 9.92. The lowest BCUT2D eigenvalue weighted by molar-refractivity contribution is 1.16. The third-order valence-corrected chi connectivity index (χ3v) is 5.46. The second-order valence-electron chi connectivity index (χ2n) is 7.58. The van der Waals surface area contributed by atoms with E-state index >= 15 is 0 Å². The van der Waals surface area contributed by atoms with Gasteiger partial charge >= 0.3 is 0 Å². The number of nitrogens with one attached hydrogen (secondary N) is 1. The van der Waals surface area contributed by atoms with Crippen molar-refractivity contribution in [3.05, 3.63) is 140 Å². The molecule has 5 aromatic rings. The molecule has 0 spiro atoms. The van der Waals surface area contributed by atoms with Crippen molar-refractivity contribution in [2.45, 2.75) is 0 Å². The predicted molar refractivity (Wildman–Crippen MR) is 136 cm³/mol. The van der Waals surface area contributed by atoms with Gasteiger partial charge in [0, 0.05) is 5.56 Å². The first kappa shape index (κ1) is 19.7. The van der Waals surface area contributed by atoms with Crippen LogP contribution in [0.4, 0.5) is 17.1 Å². The van der Waals surface area contributed by atoms with Crippen LogP contribution in [-0.4, -0.2) is 0 Å². The second kappa shape index (κ2) is 9.23. The van der Waals surface area contributed by atoms with Gasteiger partial charge in [-0.3, -0.25) is 10.4 Å². The first-order chi connectivity index (χ1) is 15.9. The molecule has 0 aliphatic rings. The molecule has 0 saturated heterocycles. The lowest BCUT2D eigenvalue weighted by Crippen LogP contribution is -2.25. The minimum Gasteiger partial charge on any atom is -0.294 e. The molecule has 0 amide bonds. The van der Waals surface area contributed by atoms with Gasteiger partial charge in [-0.2, -0.15) is 0 Å². The maximum atomic E-state index is 3.63. The zero-order chi connectivity index (χ0) is 21.6. The zero-order valence-electron chi connectivity index (χ0n) is 17.7. The van der Waals surface area contributed by atoms with E-state index < -0.39 is 0 Å². The summed E-state index contributed by atoms with van der Waals surface area (Å²) < 4.78 is 0. The Morgan fingerprint density at radius 1 is 0.438 bits per heavy atom. The van der Waals surface area contributed by atoms with Gasteiger partial charge in [-0.05, 0) is 47.0 Å². The van der Waals surface area contributed by atoms with Crippen LogP contribution in [0, 0.1) is 0 Å². The quantitative estimate of drug-likeness (QED) is 0.283. The Labute approximate surface area is 189 Å². The normalized spacial score (nSPS) is 10.5. The number of benzene rings is 5. The fourth-order valence-corrected chi connectivity index (χ4v) is 3.98. The van der Waals surface area contributed by atoms with Crippen LogP contribution in [-0.2, 0) is 0 Å². The summed E-state index contributed by atoms with van der Waals surface area (Å²) >= 11 is 0. The number of hydrogen-bond acceptors (Lipinski definition) is 2. The van der Waals surface area contributed by atoms with E-state index in [9.17, 15) is 0 Å². The molecule has 5 aromatic carbocycles. The largest absolute Gasteiger partial charge is 0.294 e. The second-order valence-corrected chi connectivity index (χ2v) is 7.58. The third kappa shape index (κ3) is 4.12. The Hall–Kier alpha value is -4.30. The van der Waals surface area contributed by atoms with Gasteiger partial charge in [0.15, 0.2) is 0 Å². The van der Waals surface area contributed by atoms with Gasteiger partial charge in [-0.25, -0.2) is 0 Å². The van der Waals surface area contributed by atoms with Gasteiger partial charge in [-0.15, -0.1) is 0 Å². The number of hydrogen-bond donors (Lipinski definition) is 1. The number of para-hydroxylation sites is 2. The van der Waals surface area contributed by atoms with Gasteiger partial charge in [-0.1, -0.05) is 109 Å². The number of hydrazine groups is 1. The summed E-state index contributed by atoms with van der Waals surface area (Å²) in [5.41, 5.74) is 11.6. The molecule has 2 heteroatoms. The fourth-order valence-electron chi connectivity index (χ4n) is 3.98. The van der Waals surface area contributed by atoms with Crippen LogP contribution in [0.5, 0.6) is 0 Å². The van der Waals surface area contributed by atoms with Crippen molar-refractivity contribution >= 4 is 17.1 Å². The molecule has 0 bridgehead atoms. The highest BCUT2D eigenvalue weighted by Crippen LogP contribution is 2.41. The van der Waals surface area contributed by atoms with Gasteiger partial charge in [0.2, 0.25) is 0 Å². The molecule has 0 aliphatic heterocycles. The molecule has 0 unspecified atom stereocenters. The summed E-state index contributed by atoms with van der Waals surface area (Å²) in [7, 11) is 0. The molecule has 0 aliphatic carbocycles. The monoisotopic (exact) mass is 412 g/mol. The average molecular weight is 413 g/mol. The van der Waals surface area contributed by atoms with Crippen molar-refractivity contribution in [2.75, 3.05) is 10.4 Å². The van der Waals surface area contributed by atoms with Crippen LogP contribution in [0.1, 0.15) is 0 Å². The lowest BCUT2D eigenvalue weighted by Gasteiger charge is -2.30. The summed E-state index contributed by atoms with van der Waals surface area (Å²) in [4.78, 5) is 0. The minimum atomic E-state index is 1.03. The molecule has 1 N–H and O–H groups in total. The average Bonchev–Trinajstić information content (AvgIpc) is 2.89. The van der Waals surface area contributed by atoms with E-state index in [1.165, 1.54) is 22.3 Å². The van der Waals surface area contributed by atoms with E-state index in [1.54, 1.807) is 0 Å². The fraction of sp³-hybridized carbons (Fsp3) is 0. The minimum absolute atomic E-state index is 1.03. The van der Waals surface area contributed by atoms with Crippen LogP contribution < -0.4 is 10.4 Å². The highest BCUT2D eigenvalue weighted by Gasteiger charge is 2.19. The summed E-state index contributed by atoms with van der Waals surface area (Å²) in [5.74, 6) is 0. The predicted octanol–water partition coefficient (Wildman–Crippen LogP) is 8.19. The standard InChI is InChI=1S/C30H24N2/c1-5-14-24(15-6-1)28-22-13-23-29(30(28)25-16-7-2-8-17-25)32(27-20-11-4-12-21-27)31-26-18-9-3-10-19-26/h1-23,31H.